The molecule has 1 heterocycles. The standard InChI is InChI=1S/C19H29NO9/c1-19(2,3)20-7-11(22)9-4-5-12(10(6-9)8-21)28-18-15(25)13(23)14(24)16(29-18)17(26)27/h4-6,11,13-16,18,20-25H,7-8H2,1-3H3,(H,26,27)/t11?,13-,14-,15+,16-,18+/m0/s1. The van der Waals surface area contributed by atoms with Crippen molar-refractivity contribution in [1.29, 1.82) is 0 Å². The van der Waals surface area contributed by atoms with E-state index < -0.39 is 49.4 Å². The first-order valence-electron chi connectivity index (χ1n) is 9.20. The summed E-state index contributed by atoms with van der Waals surface area (Å²) in [6, 6.07) is 4.50. The molecule has 0 spiro atoms. The number of nitrogens with one attached hydrogen (secondary N) is 1. The molecule has 1 aromatic carbocycles. The molecule has 1 aliphatic heterocycles. The zero-order chi connectivity index (χ0) is 21.9. The summed E-state index contributed by atoms with van der Waals surface area (Å²) in [6.07, 6.45) is -9.56. The average Bonchev–Trinajstić information content (AvgIpc) is 2.65. The van der Waals surface area contributed by atoms with Crippen LogP contribution in [0.2, 0.25) is 0 Å². The molecule has 0 amide bonds. The van der Waals surface area contributed by atoms with Crippen LogP contribution in [0, 0.1) is 0 Å². The maximum absolute atomic E-state index is 11.2. The Kier molecular flexibility index (Phi) is 7.57. The fourth-order valence-corrected chi connectivity index (χ4v) is 2.84. The van der Waals surface area contributed by atoms with Gasteiger partial charge in [0.05, 0.1) is 12.7 Å². The van der Waals surface area contributed by atoms with E-state index in [9.17, 15) is 30.3 Å². The first kappa shape index (κ1) is 23.5. The Bertz CT molecular complexity index is 705. The third kappa shape index (κ3) is 5.86. The fourth-order valence-electron chi connectivity index (χ4n) is 2.84. The Morgan fingerprint density at radius 3 is 2.41 bits per heavy atom. The molecular weight excluding hydrogens is 386 g/mol. The predicted octanol–water partition coefficient (Wildman–Crippen LogP) is -1.13. The fraction of sp³-hybridized carbons (Fsp3) is 0.632. The summed E-state index contributed by atoms with van der Waals surface area (Å²) in [7, 11) is 0. The molecule has 7 N–H and O–H groups in total. The SMILES string of the molecule is CC(C)(C)NCC(O)c1ccc(O[C@@H]2O[C@H](C(=O)O)[C@@H](O)[C@H](O)[C@H]2O)c(CO)c1. The van der Waals surface area contributed by atoms with Crippen LogP contribution in [-0.4, -0.2) is 79.4 Å². The quantitative estimate of drug-likeness (QED) is 0.289. The Balaban J connectivity index is 2.17. The molecule has 1 aliphatic rings. The molecule has 0 saturated carbocycles. The number of rotatable bonds is 7. The average molecular weight is 415 g/mol. The van der Waals surface area contributed by atoms with Crippen LogP contribution >= 0.6 is 0 Å². The minimum atomic E-state index is -1.83. The number of aliphatic carboxylic acids is 1. The van der Waals surface area contributed by atoms with E-state index in [1.165, 1.54) is 12.1 Å². The van der Waals surface area contributed by atoms with Crippen LogP contribution in [0.15, 0.2) is 18.2 Å². The molecule has 0 aliphatic carbocycles. The third-order valence-corrected chi connectivity index (χ3v) is 4.52. The van der Waals surface area contributed by atoms with E-state index in [-0.39, 0.29) is 23.4 Å². The smallest absolute Gasteiger partial charge is 0.335 e. The highest BCUT2D eigenvalue weighted by atomic mass is 16.7. The monoisotopic (exact) mass is 415 g/mol. The van der Waals surface area contributed by atoms with Crippen LogP contribution < -0.4 is 10.1 Å². The summed E-state index contributed by atoms with van der Waals surface area (Å²) in [5.41, 5.74) is 0.590. The molecule has 6 atom stereocenters. The maximum atomic E-state index is 11.2. The van der Waals surface area contributed by atoms with Crippen LogP contribution in [0.25, 0.3) is 0 Å². The van der Waals surface area contributed by atoms with Crippen molar-refractivity contribution in [3.8, 4) is 5.75 Å². The van der Waals surface area contributed by atoms with Gasteiger partial charge in [0.15, 0.2) is 6.10 Å². The van der Waals surface area contributed by atoms with Crippen LogP contribution in [0.4, 0.5) is 0 Å². The summed E-state index contributed by atoms with van der Waals surface area (Å²) >= 11 is 0. The highest BCUT2D eigenvalue weighted by Gasteiger charge is 2.48. The Morgan fingerprint density at radius 2 is 1.86 bits per heavy atom. The van der Waals surface area contributed by atoms with E-state index in [2.05, 4.69) is 5.32 Å². The van der Waals surface area contributed by atoms with Crippen LogP contribution in [-0.2, 0) is 16.1 Å². The van der Waals surface area contributed by atoms with Gasteiger partial charge in [0, 0.05) is 17.6 Å². The van der Waals surface area contributed by atoms with Gasteiger partial charge in [0.2, 0.25) is 6.29 Å². The lowest BCUT2D eigenvalue weighted by Crippen LogP contribution is -2.61. The second-order valence-corrected chi connectivity index (χ2v) is 8.02. The number of hydrogen-bond acceptors (Lipinski definition) is 9. The molecule has 29 heavy (non-hydrogen) atoms. The number of aliphatic hydroxyl groups excluding tert-OH is 5. The summed E-state index contributed by atoms with van der Waals surface area (Å²) in [5.74, 6) is -1.45. The van der Waals surface area contributed by atoms with Crippen molar-refractivity contribution in [2.75, 3.05) is 6.54 Å². The number of carboxylic acids is 1. The molecule has 2 rings (SSSR count). The first-order valence-corrected chi connectivity index (χ1v) is 9.20. The van der Waals surface area contributed by atoms with Crippen LogP contribution in [0.5, 0.6) is 5.75 Å². The Morgan fingerprint density at radius 1 is 1.21 bits per heavy atom. The minimum absolute atomic E-state index is 0.0732. The van der Waals surface area contributed by atoms with E-state index in [0.717, 1.165) is 0 Å². The molecule has 0 aromatic heterocycles. The second kappa shape index (κ2) is 9.35. The number of hydrogen-bond donors (Lipinski definition) is 7. The second-order valence-electron chi connectivity index (χ2n) is 8.02. The van der Waals surface area contributed by atoms with E-state index in [4.69, 9.17) is 14.6 Å². The molecule has 1 fully saturated rings. The van der Waals surface area contributed by atoms with Gasteiger partial charge >= 0.3 is 5.97 Å². The van der Waals surface area contributed by atoms with Gasteiger partial charge in [-0.2, -0.15) is 0 Å². The van der Waals surface area contributed by atoms with Gasteiger partial charge in [-0.1, -0.05) is 6.07 Å². The summed E-state index contributed by atoms with van der Waals surface area (Å²) in [6.45, 7) is 5.70. The maximum Gasteiger partial charge on any atom is 0.335 e. The molecule has 164 valence electrons. The first-order chi connectivity index (χ1) is 13.4. The van der Waals surface area contributed by atoms with Crippen molar-refractivity contribution < 1.29 is 44.9 Å². The lowest BCUT2D eigenvalue weighted by atomic mass is 9.99. The largest absolute Gasteiger partial charge is 0.479 e. The van der Waals surface area contributed by atoms with Gasteiger partial charge in [-0.05, 0) is 38.5 Å². The van der Waals surface area contributed by atoms with E-state index in [1.54, 1.807) is 6.07 Å². The number of ether oxygens (including phenoxy) is 2. The molecule has 1 aromatic rings. The van der Waals surface area contributed by atoms with Crippen molar-refractivity contribution in [2.45, 2.75) is 69.7 Å². The highest BCUT2D eigenvalue weighted by molar-refractivity contribution is 5.73. The van der Waals surface area contributed by atoms with Gasteiger partial charge < -0.3 is 45.4 Å². The topological polar surface area (TPSA) is 169 Å². The third-order valence-electron chi connectivity index (χ3n) is 4.52. The summed E-state index contributed by atoms with van der Waals surface area (Å²) in [4.78, 5) is 11.2. The molecule has 1 unspecified atom stereocenters. The number of carbonyl (C=O) groups is 1. The Hall–Kier alpha value is -1.79. The molecular formula is C19H29NO9. The molecule has 10 heteroatoms. The zero-order valence-corrected chi connectivity index (χ0v) is 16.5. The van der Waals surface area contributed by atoms with E-state index in [0.29, 0.717) is 5.56 Å². The molecule has 0 bridgehead atoms. The predicted molar refractivity (Wildman–Crippen MR) is 100 cm³/mol. The van der Waals surface area contributed by atoms with Gasteiger partial charge in [0.25, 0.3) is 0 Å². The molecule has 1 saturated heterocycles. The normalized spacial score (nSPS) is 28.8. The summed E-state index contributed by atoms with van der Waals surface area (Å²) in [5, 5.41) is 61.9. The van der Waals surface area contributed by atoms with E-state index in [1.807, 2.05) is 20.8 Å². The van der Waals surface area contributed by atoms with Gasteiger partial charge in [-0.3, -0.25) is 0 Å². The van der Waals surface area contributed by atoms with Crippen LogP contribution in [0.3, 0.4) is 0 Å². The van der Waals surface area contributed by atoms with Crippen molar-refractivity contribution >= 4 is 5.97 Å². The lowest BCUT2D eigenvalue weighted by molar-refractivity contribution is -0.271. The zero-order valence-electron chi connectivity index (χ0n) is 16.5. The number of aliphatic hydroxyl groups is 5. The number of β-amino-alcohol motifs (C(OH)–C–C–N with tert-alkyl or cyclic N) is 1. The number of carboxylic acid groups (broad SMARTS) is 1. The van der Waals surface area contributed by atoms with Crippen molar-refractivity contribution in [3.63, 3.8) is 0 Å². The molecule has 0 radical (unpaired) electrons. The lowest BCUT2D eigenvalue weighted by Gasteiger charge is -2.38. The van der Waals surface area contributed by atoms with E-state index >= 15 is 0 Å². The number of benzene rings is 1. The van der Waals surface area contributed by atoms with Crippen molar-refractivity contribution in [1.82, 2.24) is 5.32 Å². The van der Waals surface area contributed by atoms with Gasteiger partial charge in [-0.25, -0.2) is 4.79 Å². The van der Waals surface area contributed by atoms with Crippen molar-refractivity contribution in [2.24, 2.45) is 0 Å². The highest BCUT2D eigenvalue weighted by Crippen LogP contribution is 2.29. The Labute approximate surface area is 168 Å². The van der Waals surface area contributed by atoms with Crippen molar-refractivity contribution in [3.05, 3.63) is 29.3 Å². The molecule has 10 nitrogen and oxygen atoms in total. The van der Waals surface area contributed by atoms with Gasteiger partial charge in [0.1, 0.15) is 24.1 Å². The van der Waals surface area contributed by atoms with Crippen LogP contribution in [0.1, 0.15) is 38.0 Å². The summed E-state index contributed by atoms with van der Waals surface area (Å²) < 4.78 is 10.6. The van der Waals surface area contributed by atoms with Gasteiger partial charge in [-0.15, -0.1) is 0 Å². The minimum Gasteiger partial charge on any atom is -0.479 e.